The predicted octanol–water partition coefficient (Wildman–Crippen LogP) is 3.91. The number of aromatic nitrogens is 4. The van der Waals surface area contributed by atoms with Gasteiger partial charge in [0.25, 0.3) is 5.56 Å². The molecular weight excluding hydrogens is 386 g/mol. The number of nitrogens with zero attached hydrogens (tertiary/aromatic N) is 5. The van der Waals surface area contributed by atoms with Gasteiger partial charge >= 0.3 is 0 Å². The first-order valence-electron chi connectivity index (χ1n) is 9.79. The number of rotatable bonds is 3. The molecule has 1 aliphatic heterocycles. The summed E-state index contributed by atoms with van der Waals surface area (Å²) in [5.41, 5.74) is 2.44. The molecular formula is C22H20ClN5O. The zero-order chi connectivity index (χ0) is 19.8. The molecule has 0 amide bonds. The molecule has 0 spiro atoms. The van der Waals surface area contributed by atoms with Crippen LogP contribution in [0.15, 0.2) is 59.8 Å². The smallest absolute Gasteiger partial charge is 0.261 e. The van der Waals surface area contributed by atoms with E-state index in [0.29, 0.717) is 22.9 Å². The molecule has 2 aromatic carbocycles. The summed E-state index contributed by atoms with van der Waals surface area (Å²) in [5.74, 6) is 1.34. The Morgan fingerprint density at radius 3 is 2.69 bits per heavy atom. The second kappa shape index (κ2) is 7.44. The Morgan fingerprint density at radius 2 is 1.83 bits per heavy atom. The van der Waals surface area contributed by atoms with E-state index in [1.165, 1.54) is 0 Å². The van der Waals surface area contributed by atoms with Gasteiger partial charge in [0, 0.05) is 24.7 Å². The first-order chi connectivity index (χ1) is 14.2. The van der Waals surface area contributed by atoms with Gasteiger partial charge in [0.2, 0.25) is 0 Å². The Bertz CT molecular complexity index is 1250. The summed E-state index contributed by atoms with van der Waals surface area (Å²) in [6.07, 6.45) is 5.49. The van der Waals surface area contributed by atoms with Crippen LogP contribution in [0.2, 0.25) is 5.02 Å². The van der Waals surface area contributed by atoms with E-state index in [4.69, 9.17) is 16.6 Å². The number of piperidine rings is 1. The van der Waals surface area contributed by atoms with Gasteiger partial charge in [0.15, 0.2) is 0 Å². The van der Waals surface area contributed by atoms with Crippen molar-refractivity contribution in [1.29, 1.82) is 0 Å². The van der Waals surface area contributed by atoms with Crippen molar-refractivity contribution in [3.63, 3.8) is 0 Å². The standard InChI is InChI=1S/C22H20ClN5O/c23-16-5-6-19-20(11-16)24-12-21(26-19)27-9-7-15(8-10-27)13-28-14-25-18-4-2-1-3-17(18)22(28)29/h1-6,11-12,14-15H,7-10,13H2. The highest BCUT2D eigenvalue weighted by molar-refractivity contribution is 6.31. The summed E-state index contributed by atoms with van der Waals surface area (Å²) in [4.78, 5) is 28.7. The molecule has 5 rings (SSSR count). The molecule has 4 aromatic rings. The third kappa shape index (κ3) is 3.56. The van der Waals surface area contributed by atoms with Crippen molar-refractivity contribution < 1.29 is 0 Å². The van der Waals surface area contributed by atoms with E-state index in [-0.39, 0.29) is 5.56 Å². The van der Waals surface area contributed by atoms with Gasteiger partial charge in [-0.3, -0.25) is 14.3 Å². The second-order valence-corrected chi connectivity index (χ2v) is 7.95. The maximum absolute atomic E-state index is 12.7. The van der Waals surface area contributed by atoms with E-state index in [1.54, 1.807) is 10.9 Å². The van der Waals surface area contributed by atoms with Crippen molar-refractivity contribution in [3.05, 3.63) is 70.4 Å². The zero-order valence-corrected chi connectivity index (χ0v) is 16.6. The van der Waals surface area contributed by atoms with E-state index < -0.39 is 0 Å². The normalized spacial score (nSPS) is 15.3. The molecule has 1 saturated heterocycles. The van der Waals surface area contributed by atoms with E-state index in [9.17, 15) is 4.79 Å². The summed E-state index contributed by atoms with van der Waals surface area (Å²) in [6.45, 7) is 2.49. The maximum atomic E-state index is 12.7. The Morgan fingerprint density at radius 1 is 1.00 bits per heavy atom. The Balaban J connectivity index is 1.29. The first-order valence-corrected chi connectivity index (χ1v) is 10.2. The molecule has 0 atom stereocenters. The van der Waals surface area contributed by atoms with Crippen LogP contribution < -0.4 is 10.5 Å². The van der Waals surface area contributed by atoms with Crippen molar-refractivity contribution in [2.45, 2.75) is 19.4 Å². The third-order valence-electron chi connectivity index (χ3n) is 5.62. The van der Waals surface area contributed by atoms with Crippen LogP contribution in [0.4, 0.5) is 5.82 Å². The van der Waals surface area contributed by atoms with Gasteiger partial charge in [-0.05, 0) is 49.1 Å². The highest BCUT2D eigenvalue weighted by Crippen LogP contribution is 2.24. The van der Waals surface area contributed by atoms with E-state index in [2.05, 4.69) is 14.9 Å². The topological polar surface area (TPSA) is 63.9 Å². The Labute approximate surface area is 172 Å². The molecule has 0 aliphatic carbocycles. The highest BCUT2D eigenvalue weighted by atomic mass is 35.5. The molecule has 0 radical (unpaired) electrons. The number of halogens is 1. The minimum absolute atomic E-state index is 0.0390. The van der Waals surface area contributed by atoms with E-state index >= 15 is 0 Å². The van der Waals surface area contributed by atoms with Gasteiger partial charge < -0.3 is 4.90 Å². The van der Waals surface area contributed by atoms with Crippen molar-refractivity contribution in [2.24, 2.45) is 5.92 Å². The molecule has 0 N–H and O–H groups in total. The van der Waals surface area contributed by atoms with Gasteiger partial charge in [-0.2, -0.15) is 0 Å². The van der Waals surface area contributed by atoms with Crippen LogP contribution in [0, 0.1) is 5.92 Å². The van der Waals surface area contributed by atoms with Gasteiger partial charge in [0.05, 0.1) is 34.5 Å². The lowest BCUT2D eigenvalue weighted by Gasteiger charge is -2.32. The molecule has 0 saturated carbocycles. The van der Waals surface area contributed by atoms with Gasteiger partial charge in [0.1, 0.15) is 5.82 Å². The SMILES string of the molecule is O=c1c2ccccc2ncn1CC1CCN(c2cnc3cc(Cl)ccc3n2)CC1. The Kier molecular flexibility index (Phi) is 4.64. The molecule has 1 fully saturated rings. The van der Waals surface area contributed by atoms with Crippen LogP contribution >= 0.6 is 11.6 Å². The number of hydrogen-bond donors (Lipinski definition) is 0. The lowest BCUT2D eigenvalue weighted by molar-refractivity contribution is 0.351. The minimum Gasteiger partial charge on any atom is -0.355 e. The van der Waals surface area contributed by atoms with Crippen LogP contribution in [0.25, 0.3) is 21.9 Å². The Hall–Kier alpha value is -2.99. The molecule has 2 aromatic heterocycles. The van der Waals surface area contributed by atoms with Gasteiger partial charge in [-0.15, -0.1) is 0 Å². The molecule has 0 bridgehead atoms. The lowest BCUT2D eigenvalue weighted by Crippen LogP contribution is -2.37. The maximum Gasteiger partial charge on any atom is 0.261 e. The quantitative estimate of drug-likeness (QED) is 0.517. The van der Waals surface area contributed by atoms with Crippen LogP contribution in [0.1, 0.15) is 12.8 Å². The summed E-state index contributed by atoms with van der Waals surface area (Å²) >= 11 is 6.03. The fourth-order valence-electron chi connectivity index (χ4n) is 3.99. The molecule has 7 heteroatoms. The number of hydrogen-bond acceptors (Lipinski definition) is 5. The van der Waals surface area contributed by atoms with Gasteiger partial charge in [-0.1, -0.05) is 23.7 Å². The fraction of sp³-hybridized carbons (Fsp3) is 0.273. The number of benzene rings is 2. The van der Waals surface area contributed by atoms with Crippen LogP contribution in [-0.2, 0) is 6.54 Å². The number of fused-ring (bicyclic) bond motifs is 2. The molecule has 1 aliphatic rings. The van der Waals surface area contributed by atoms with E-state index in [1.807, 2.05) is 48.7 Å². The fourth-order valence-corrected chi connectivity index (χ4v) is 4.15. The summed E-state index contributed by atoms with van der Waals surface area (Å²) in [6, 6.07) is 13.1. The summed E-state index contributed by atoms with van der Waals surface area (Å²) in [7, 11) is 0. The van der Waals surface area contributed by atoms with Crippen LogP contribution in [0.3, 0.4) is 0 Å². The number of anilines is 1. The average molecular weight is 406 g/mol. The highest BCUT2D eigenvalue weighted by Gasteiger charge is 2.21. The summed E-state index contributed by atoms with van der Waals surface area (Å²) in [5, 5.41) is 1.35. The van der Waals surface area contributed by atoms with Crippen LogP contribution in [0.5, 0.6) is 0 Å². The molecule has 6 nitrogen and oxygen atoms in total. The van der Waals surface area contributed by atoms with Crippen LogP contribution in [-0.4, -0.2) is 32.6 Å². The second-order valence-electron chi connectivity index (χ2n) is 7.51. The third-order valence-corrected chi connectivity index (χ3v) is 5.85. The minimum atomic E-state index is 0.0390. The molecule has 146 valence electrons. The predicted molar refractivity (Wildman–Crippen MR) is 115 cm³/mol. The lowest BCUT2D eigenvalue weighted by atomic mass is 9.96. The molecule has 3 heterocycles. The van der Waals surface area contributed by atoms with Gasteiger partial charge in [-0.25, -0.2) is 9.97 Å². The van der Waals surface area contributed by atoms with E-state index in [0.717, 1.165) is 48.3 Å². The first kappa shape index (κ1) is 18.1. The van der Waals surface area contributed by atoms with Crippen molar-refractivity contribution in [2.75, 3.05) is 18.0 Å². The number of para-hydroxylation sites is 1. The zero-order valence-electron chi connectivity index (χ0n) is 15.8. The molecule has 0 unspecified atom stereocenters. The van der Waals surface area contributed by atoms with Crippen molar-refractivity contribution >= 4 is 39.4 Å². The van der Waals surface area contributed by atoms with Crippen molar-refractivity contribution in [3.8, 4) is 0 Å². The van der Waals surface area contributed by atoms with Crippen molar-refractivity contribution in [1.82, 2.24) is 19.5 Å². The summed E-state index contributed by atoms with van der Waals surface area (Å²) < 4.78 is 1.75. The monoisotopic (exact) mass is 405 g/mol. The largest absolute Gasteiger partial charge is 0.355 e. The molecule has 29 heavy (non-hydrogen) atoms. The average Bonchev–Trinajstić information content (AvgIpc) is 2.76.